The first kappa shape index (κ1) is 14.0. The molecule has 0 amide bonds. The minimum atomic E-state index is -0.804. The summed E-state index contributed by atoms with van der Waals surface area (Å²) in [6, 6.07) is 9.06. The van der Waals surface area contributed by atoms with E-state index in [9.17, 15) is 10.1 Å². The molecule has 0 N–H and O–H groups in total. The number of carbonyl (C=O) groups excluding carboxylic acids is 1. The van der Waals surface area contributed by atoms with Crippen LogP contribution in [-0.2, 0) is 9.53 Å². The number of nitriles is 1. The summed E-state index contributed by atoms with van der Waals surface area (Å²) in [7, 11) is 1.63. The molecule has 2 rings (SSSR count). The van der Waals surface area contributed by atoms with Crippen molar-refractivity contribution in [3.63, 3.8) is 0 Å². The number of halogens is 1. The van der Waals surface area contributed by atoms with Crippen molar-refractivity contribution in [2.24, 2.45) is 0 Å². The minimum Gasteiger partial charge on any atom is -0.378 e. The van der Waals surface area contributed by atoms with Gasteiger partial charge in [-0.1, -0.05) is 29.8 Å². The first-order valence-corrected chi connectivity index (χ1v) is 6.71. The molecule has 1 aromatic carbocycles. The number of hydrogen-bond acceptors (Lipinski definition) is 3. The fourth-order valence-corrected chi connectivity index (χ4v) is 2.71. The highest BCUT2D eigenvalue weighted by atomic mass is 35.5. The Labute approximate surface area is 118 Å². The molecule has 1 aromatic rings. The summed E-state index contributed by atoms with van der Waals surface area (Å²) < 4.78 is 5.44. The van der Waals surface area contributed by atoms with Gasteiger partial charge in [-0.3, -0.25) is 4.79 Å². The summed E-state index contributed by atoms with van der Waals surface area (Å²) in [5, 5.41) is 9.72. The van der Waals surface area contributed by atoms with E-state index in [1.165, 1.54) is 0 Å². The van der Waals surface area contributed by atoms with Crippen molar-refractivity contribution in [1.29, 1.82) is 5.26 Å². The second-order valence-corrected chi connectivity index (χ2v) is 5.37. The van der Waals surface area contributed by atoms with Gasteiger partial charge in [0.05, 0.1) is 11.7 Å². The highest BCUT2D eigenvalue weighted by Crippen LogP contribution is 2.40. The van der Waals surface area contributed by atoms with Crippen LogP contribution < -0.4 is 0 Å². The van der Waals surface area contributed by atoms with Crippen molar-refractivity contribution in [2.45, 2.75) is 37.2 Å². The first-order chi connectivity index (χ1) is 9.12. The van der Waals surface area contributed by atoms with E-state index >= 15 is 0 Å². The molecule has 0 bridgehead atoms. The third-order valence-electron chi connectivity index (χ3n) is 3.86. The van der Waals surface area contributed by atoms with Crippen LogP contribution in [-0.4, -0.2) is 18.5 Å². The average Bonchev–Trinajstić information content (AvgIpc) is 2.37. The highest BCUT2D eigenvalue weighted by Gasteiger charge is 2.40. The first-order valence-electron chi connectivity index (χ1n) is 6.34. The van der Waals surface area contributed by atoms with Crippen molar-refractivity contribution in [3.8, 4) is 6.07 Å². The van der Waals surface area contributed by atoms with E-state index in [2.05, 4.69) is 6.07 Å². The van der Waals surface area contributed by atoms with Crippen molar-refractivity contribution < 1.29 is 9.53 Å². The van der Waals surface area contributed by atoms with Gasteiger partial charge < -0.3 is 4.74 Å². The van der Waals surface area contributed by atoms with E-state index in [1.54, 1.807) is 31.4 Å². The van der Waals surface area contributed by atoms with Crippen molar-refractivity contribution in [3.05, 3.63) is 34.9 Å². The van der Waals surface area contributed by atoms with Gasteiger partial charge in [0.15, 0.2) is 5.78 Å². The summed E-state index contributed by atoms with van der Waals surface area (Å²) in [4.78, 5) is 12.3. The Bertz CT molecular complexity index is 512. The van der Waals surface area contributed by atoms with Crippen LogP contribution in [0, 0.1) is 11.3 Å². The monoisotopic (exact) mass is 277 g/mol. The molecule has 4 heteroatoms. The minimum absolute atomic E-state index is 0.114. The molecule has 1 atom stereocenters. The van der Waals surface area contributed by atoms with Crippen LogP contribution in [0.2, 0.25) is 5.02 Å². The van der Waals surface area contributed by atoms with Gasteiger partial charge in [0.1, 0.15) is 5.92 Å². The Balaban J connectivity index is 2.17. The fourth-order valence-electron chi connectivity index (χ4n) is 2.47. The van der Waals surface area contributed by atoms with Crippen molar-refractivity contribution in [2.75, 3.05) is 7.11 Å². The number of hydrogen-bond donors (Lipinski definition) is 0. The molecular formula is C15H16ClNO2. The number of benzene rings is 1. The number of Topliss-reactive ketones (excluding diaryl/α,β-unsaturated/α-hetero) is 1. The van der Waals surface area contributed by atoms with Gasteiger partial charge in [-0.05, 0) is 30.9 Å². The lowest BCUT2D eigenvalue weighted by Crippen LogP contribution is -2.42. The predicted octanol–water partition coefficient (Wildman–Crippen LogP) is 3.48. The number of ether oxygens (including phenoxy) is 1. The molecule has 1 unspecified atom stereocenters. The van der Waals surface area contributed by atoms with Crippen LogP contribution in [0.15, 0.2) is 24.3 Å². The van der Waals surface area contributed by atoms with E-state index in [4.69, 9.17) is 16.3 Å². The number of ketones is 1. The molecule has 0 radical (unpaired) electrons. The number of rotatable bonds is 5. The Morgan fingerprint density at radius 3 is 2.68 bits per heavy atom. The second kappa shape index (κ2) is 5.73. The Hall–Kier alpha value is -1.37. The molecule has 1 fully saturated rings. The number of methoxy groups -OCH3 is 1. The highest BCUT2D eigenvalue weighted by molar-refractivity contribution is 6.31. The third kappa shape index (κ3) is 2.80. The normalized spacial score (nSPS) is 18.2. The van der Waals surface area contributed by atoms with Crippen molar-refractivity contribution in [1.82, 2.24) is 0 Å². The predicted molar refractivity (Wildman–Crippen MR) is 73.0 cm³/mol. The lowest BCUT2D eigenvalue weighted by atomic mass is 9.74. The maximum absolute atomic E-state index is 12.3. The molecule has 1 saturated carbocycles. The largest absolute Gasteiger partial charge is 0.378 e. The van der Waals surface area contributed by atoms with Crippen LogP contribution in [0.5, 0.6) is 0 Å². The van der Waals surface area contributed by atoms with Gasteiger partial charge >= 0.3 is 0 Å². The standard InChI is InChI=1S/C15H16ClNO2/c1-19-15(7-4-8-15)9-14(18)12(10-17)11-5-2-3-6-13(11)16/h2-3,5-6,12H,4,7-9H2,1H3. The SMILES string of the molecule is COC1(CC(=O)C(C#N)c2ccccc2Cl)CCC1. The molecule has 0 aromatic heterocycles. The van der Waals surface area contributed by atoms with Gasteiger partial charge in [-0.25, -0.2) is 0 Å². The molecule has 0 aliphatic heterocycles. The summed E-state index contributed by atoms with van der Waals surface area (Å²) in [6.45, 7) is 0. The molecule has 1 aliphatic carbocycles. The van der Waals surface area contributed by atoms with Crippen LogP contribution in [0.3, 0.4) is 0 Å². The maximum Gasteiger partial charge on any atom is 0.157 e. The Kier molecular flexibility index (Phi) is 4.24. The lowest BCUT2D eigenvalue weighted by molar-refractivity contribution is -0.132. The summed E-state index contributed by atoms with van der Waals surface area (Å²) in [6.07, 6.45) is 3.13. The van der Waals surface area contributed by atoms with E-state index < -0.39 is 5.92 Å². The topological polar surface area (TPSA) is 50.1 Å². The zero-order valence-corrected chi connectivity index (χ0v) is 11.6. The third-order valence-corrected chi connectivity index (χ3v) is 4.21. The lowest BCUT2D eigenvalue weighted by Gasteiger charge is -2.40. The summed E-state index contributed by atoms with van der Waals surface area (Å²) in [5.74, 6) is -0.918. The van der Waals surface area contributed by atoms with Crippen LogP contribution in [0.4, 0.5) is 0 Å². The smallest absolute Gasteiger partial charge is 0.157 e. The van der Waals surface area contributed by atoms with Gasteiger partial charge in [0.25, 0.3) is 0 Å². The van der Waals surface area contributed by atoms with Crippen LogP contribution >= 0.6 is 11.6 Å². The molecular weight excluding hydrogens is 262 g/mol. The molecule has 1 aliphatic rings. The zero-order chi connectivity index (χ0) is 13.9. The van der Waals surface area contributed by atoms with Gasteiger partial charge in [0, 0.05) is 18.6 Å². The quantitative estimate of drug-likeness (QED) is 0.828. The van der Waals surface area contributed by atoms with Gasteiger partial charge in [-0.2, -0.15) is 5.26 Å². The molecule has 19 heavy (non-hydrogen) atoms. The zero-order valence-electron chi connectivity index (χ0n) is 10.9. The van der Waals surface area contributed by atoms with E-state index in [0.29, 0.717) is 10.6 Å². The van der Waals surface area contributed by atoms with E-state index in [-0.39, 0.29) is 17.8 Å². The van der Waals surface area contributed by atoms with Crippen LogP contribution in [0.25, 0.3) is 0 Å². The Morgan fingerprint density at radius 2 is 2.21 bits per heavy atom. The van der Waals surface area contributed by atoms with Gasteiger partial charge in [0.2, 0.25) is 0 Å². The number of nitrogens with zero attached hydrogens (tertiary/aromatic N) is 1. The van der Waals surface area contributed by atoms with Crippen molar-refractivity contribution >= 4 is 17.4 Å². The van der Waals surface area contributed by atoms with E-state index in [0.717, 1.165) is 19.3 Å². The second-order valence-electron chi connectivity index (χ2n) is 4.97. The average molecular weight is 278 g/mol. The molecule has 0 spiro atoms. The summed E-state index contributed by atoms with van der Waals surface area (Å²) in [5.41, 5.74) is 0.232. The summed E-state index contributed by atoms with van der Waals surface area (Å²) >= 11 is 6.06. The molecule has 100 valence electrons. The fraction of sp³-hybridized carbons (Fsp3) is 0.467. The molecule has 0 heterocycles. The molecule has 0 saturated heterocycles. The van der Waals surface area contributed by atoms with E-state index in [1.807, 2.05) is 0 Å². The molecule has 3 nitrogen and oxygen atoms in total. The van der Waals surface area contributed by atoms with Gasteiger partial charge in [-0.15, -0.1) is 0 Å². The Morgan fingerprint density at radius 1 is 1.53 bits per heavy atom. The van der Waals surface area contributed by atoms with Crippen LogP contribution in [0.1, 0.15) is 37.2 Å². The number of carbonyl (C=O) groups is 1. The maximum atomic E-state index is 12.3.